The van der Waals surface area contributed by atoms with E-state index in [0.29, 0.717) is 17.5 Å². The number of benzene rings is 2. The number of nitrogens with two attached hydrogens (primary N) is 2. The Morgan fingerprint density at radius 1 is 1.15 bits per heavy atom. The van der Waals surface area contributed by atoms with Gasteiger partial charge in [-0.1, -0.05) is 24.3 Å². The molecule has 0 spiro atoms. The molecule has 1 amide bonds. The topological polar surface area (TPSA) is 84.4 Å². The summed E-state index contributed by atoms with van der Waals surface area (Å²) in [6, 6.07) is 7.92. The van der Waals surface area contributed by atoms with Crippen molar-refractivity contribution in [2.75, 3.05) is 12.1 Å². The molecule has 27 heavy (non-hydrogen) atoms. The van der Waals surface area contributed by atoms with Gasteiger partial charge in [0.15, 0.2) is 0 Å². The van der Waals surface area contributed by atoms with E-state index in [4.69, 9.17) is 10.6 Å². The fourth-order valence-electron chi connectivity index (χ4n) is 2.28. The summed E-state index contributed by atoms with van der Waals surface area (Å²) in [5.74, 6) is 9.65. The van der Waals surface area contributed by atoms with Crippen molar-refractivity contribution in [3.63, 3.8) is 0 Å². The van der Waals surface area contributed by atoms with Gasteiger partial charge >= 0.3 is 6.18 Å². The molecule has 2 rings (SSSR count). The number of carbonyl (C=O) groups excluding carboxylic acids is 1. The largest absolute Gasteiger partial charge is 0.417 e. The molecule has 0 aromatic heterocycles. The molecule has 146 valence electrons. The van der Waals surface area contributed by atoms with Crippen molar-refractivity contribution in [3.8, 4) is 0 Å². The Morgan fingerprint density at radius 3 is 2.26 bits per heavy atom. The van der Waals surface area contributed by atoms with Crippen LogP contribution in [-0.2, 0) is 11.0 Å². The number of alkyl halides is 3. The summed E-state index contributed by atoms with van der Waals surface area (Å²) in [5.41, 5.74) is 2.45. The summed E-state index contributed by atoms with van der Waals surface area (Å²) in [5, 5.41) is 1.13. The zero-order chi connectivity index (χ0) is 20.6. The first-order chi connectivity index (χ1) is 12.6. The van der Waals surface area contributed by atoms with Gasteiger partial charge in [-0.15, -0.1) is 0 Å². The number of hydrazine groups is 2. The van der Waals surface area contributed by atoms with E-state index in [0.717, 1.165) is 11.1 Å². The average molecular weight is 384 g/mol. The molecule has 9 heteroatoms. The van der Waals surface area contributed by atoms with Crippen LogP contribution in [0.1, 0.15) is 22.3 Å². The normalized spacial score (nSPS) is 11.0. The van der Waals surface area contributed by atoms with E-state index >= 15 is 0 Å². The second kappa shape index (κ2) is 9.70. The van der Waals surface area contributed by atoms with Crippen molar-refractivity contribution in [2.45, 2.75) is 13.1 Å². The molecule has 0 unspecified atom stereocenters. The molecule has 0 aliphatic carbocycles. The van der Waals surface area contributed by atoms with E-state index in [-0.39, 0.29) is 11.3 Å². The minimum atomic E-state index is -4.50. The first kappa shape index (κ1) is 22.1. The molecule has 0 saturated carbocycles. The summed E-state index contributed by atoms with van der Waals surface area (Å²) >= 11 is 0. The molecule has 0 bridgehead atoms. The van der Waals surface area contributed by atoms with Crippen molar-refractivity contribution in [2.24, 2.45) is 11.7 Å². The van der Waals surface area contributed by atoms with Crippen LogP contribution in [0.2, 0.25) is 0 Å². The second-order valence-electron chi connectivity index (χ2n) is 5.47. The zero-order valence-corrected chi connectivity index (χ0v) is 14.7. The Kier molecular flexibility index (Phi) is 7.95. The highest BCUT2D eigenvalue weighted by Gasteiger charge is 2.33. The van der Waals surface area contributed by atoms with Gasteiger partial charge in [-0.25, -0.2) is 16.1 Å². The summed E-state index contributed by atoms with van der Waals surface area (Å²) in [6.07, 6.45) is -1.22. The van der Waals surface area contributed by atoms with E-state index in [1.165, 1.54) is 49.5 Å². The first-order valence-electron chi connectivity index (χ1n) is 7.64. The smallest absolute Gasteiger partial charge is 0.314 e. The lowest BCUT2D eigenvalue weighted by Crippen LogP contribution is -2.26. The Balaban J connectivity index is 0.000000828. The maximum Gasteiger partial charge on any atom is 0.417 e. The van der Waals surface area contributed by atoms with Crippen LogP contribution in [0.5, 0.6) is 0 Å². The van der Waals surface area contributed by atoms with Gasteiger partial charge in [0.25, 0.3) is 0 Å². The van der Waals surface area contributed by atoms with Crippen LogP contribution in [0.15, 0.2) is 36.4 Å². The van der Waals surface area contributed by atoms with E-state index in [1.807, 2.05) is 0 Å². The molecular weight excluding hydrogens is 364 g/mol. The maximum absolute atomic E-state index is 13.2. The molecule has 2 aromatic carbocycles. The first-order valence-corrected chi connectivity index (χ1v) is 7.64. The van der Waals surface area contributed by atoms with Gasteiger partial charge in [0, 0.05) is 12.6 Å². The van der Waals surface area contributed by atoms with Crippen molar-refractivity contribution in [1.29, 1.82) is 0 Å². The van der Waals surface area contributed by atoms with Crippen LogP contribution in [0.4, 0.5) is 23.2 Å². The highest BCUT2D eigenvalue weighted by Crippen LogP contribution is 2.36. The standard InChI is InChI=1S/C17H16F4N2.CH4N2O/c1-11-10-13(18)8-6-12(11)7-9-14-15(17(19,20)21)4-3-5-16(14)23(2)22;2-3-1-4/h3-10H,22H2,1-2H3;1H,2H2,(H,3,4)/b9-7+;. The molecular formula is C18H20F4N4O. The molecule has 2 aromatic rings. The lowest BCUT2D eigenvalue weighted by molar-refractivity contribution is -0.137. The number of aryl methyl sites for hydroxylation is 1. The minimum absolute atomic E-state index is 0.0336. The number of hydrogen-bond acceptors (Lipinski definition) is 4. The van der Waals surface area contributed by atoms with Gasteiger partial charge in [-0.05, 0) is 42.3 Å². The predicted octanol–water partition coefficient (Wildman–Crippen LogP) is 3.24. The highest BCUT2D eigenvalue weighted by molar-refractivity contribution is 5.79. The van der Waals surface area contributed by atoms with Crippen LogP contribution in [0, 0.1) is 12.7 Å². The number of carbonyl (C=O) groups is 1. The van der Waals surface area contributed by atoms with Gasteiger partial charge in [0.2, 0.25) is 6.41 Å². The number of nitrogens with zero attached hydrogens (tertiary/aromatic N) is 1. The van der Waals surface area contributed by atoms with Crippen molar-refractivity contribution >= 4 is 24.2 Å². The Labute approximate surface area is 154 Å². The molecule has 5 N–H and O–H groups in total. The third-order valence-electron chi connectivity index (χ3n) is 3.50. The van der Waals surface area contributed by atoms with Crippen LogP contribution in [-0.4, -0.2) is 13.5 Å². The van der Waals surface area contributed by atoms with Crippen molar-refractivity contribution < 1.29 is 22.4 Å². The van der Waals surface area contributed by atoms with E-state index in [1.54, 1.807) is 12.3 Å². The number of rotatable bonds is 4. The van der Waals surface area contributed by atoms with Crippen molar-refractivity contribution in [1.82, 2.24) is 5.43 Å². The Bertz CT molecular complexity index is 804. The summed E-state index contributed by atoms with van der Waals surface area (Å²) < 4.78 is 52.7. The number of amides is 1. The fourth-order valence-corrected chi connectivity index (χ4v) is 2.28. The summed E-state index contributed by atoms with van der Waals surface area (Å²) in [7, 11) is 1.47. The fraction of sp³-hybridized carbons (Fsp3) is 0.167. The second-order valence-corrected chi connectivity index (χ2v) is 5.47. The maximum atomic E-state index is 13.2. The monoisotopic (exact) mass is 384 g/mol. The molecule has 0 fully saturated rings. The van der Waals surface area contributed by atoms with Gasteiger partial charge < -0.3 is 5.01 Å². The lowest BCUT2D eigenvalue weighted by atomic mass is 10.0. The Hall–Kier alpha value is -2.91. The summed E-state index contributed by atoms with van der Waals surface area (Å²) in [6.45, 7) is 1.69. The molecule has 0 heterocycles. The summed E-state index contributed by atoms with van der Waals surface area (Å²) in [4.78, 5) is 8.94. The average Bonchev–Trinajstić information content (AvgIpc) is 2.60. The van der Waals surface area contributed by atoms with Crippen LogP contribution >= 0.6 is 0 Å². The minimum Gasteiger partial charge on any atom is -0.314 e. The van der Waals surface area contributed by atoms with E-state index in [2.05, 4.69) is 5.84 Å². The number of nitrogens with one attached hydrogen (secondary N) is 1. The van der Waals surface area contributed by atoms with E-state index in [9.17, 15) is 17.6 Å². The number of anilines is 1. The van der Waals surface area contributed by atoms with Gasteiger partial charge in [0.1, 0.15) is 5.82 Å². The van der Waals surface area contributed by atoms with E-state index < -0.39 is 17.6 Å². The highest BCUT2D eigenvalue weighted by atomic mass is 19.4. The molecule has 5 nitrogen and oxygen atoms in total. The predicted molar refractivity (Wildman–Crippen MR) is 97.5 cm³/mol. The Morgan fingerprint density at radius 2 is 1.78 bits per heavy atom. The zero-order valence-electron chi connectivity index (χ0n) is 14.7. The van der Waals surface area contributed by atoms with Crippen LogP contribution < -0.4 is 22.1 Å². The van der Waals surface area contributed by atoms with Crippen LogP contribution in [0.25, 0.3) is 12.2 Å². The SMILES string of the molecule is Cc1cc(F)ccc1/C=C/c1c(N(C)N)cccc1C(F)(F)F.NNC=O. The third-order valence-corrected chi connectivity index (χ3v) is 3.50. The molecule has 0 atom stereocenters. The van der Waals surface area contributed by atoms with Gasteiger partial charge in [-0.3, -0.25) is 10.2 Å². The lowest BCUT2D eigenvalue weighted by Gasteiger charge is -2.19. The molecule has 0 saturated heterocycles. The molecule has 0 radical (unpaired) electrons. The van der Waals surface area contributed by atoms with Crippen LogP contribution in [0.3, 0.4) is 0 Å². The molecule has 0 aliphatic heterocycles. The van der Waals surface area contributed by atoms with Gasteiger partial charge in [0.05, 0.1) is 11.3 Å². The third kappa shape index (κ3) is 6.39. The quantitative estimate of drug-likeness (QED) is 0.189. The van der Waals surface area contributed by atoms with Crippen molar-refractivity contribution in [3.05, 3.63) is 64.5 Å². The molecule has 0 aliphatic rings. The van der Waals surface area contributed by atoms with Gasteiger partial charge in [-0.2, -0.15) is 13.2 Å². The number of hydrogen-bond donors (Lipinski definition) is 3. The number of halogens is 4.